The Morgan fingerprint density at radius 2 is 1.80 bits per heavy atom. The van der Waals surface area contributed by atoms with Gasteiger partial charge in [-0.25, -0.2) is 0 Å². The van der Waals surface area contributed by atoms with Gasteiger partial charge in [-0.15, -0.1) is 0 Å². The van der Waals surface area contributed by atoms with Gasteiger partial charge in [-0.1, -0.05) is 104 Å². The first-order chi connectivity index (χ1) is 20.1. The van der Waals surface area contributed by atoms with E-state index >= 15 is 0 Å². The number of hydrogen-bond donors (Lipinski definition) is 0. The van der Waals surface area contributed by atoms with Crippen LogP contribution in [0.1, 0.15) is 64.4 Å². The van der Waals surface area contributed by atoms with Crippen molar-refractivity contribution in [3.05, 3.63) is 108 Å². The number of allylic oxidation sites excluding steroid dienone is 10. The Balaban J connectivity index is 1.43. The summed E-state index contributed by atoms with van der Waals surface area (Å²) in [5, 5.41) is 0. The number of hydrogen-bond acceptors (Lipinski definition) is 2. The Bertz CT molecular complexity index is 1660. The number of rotatable bonds is 2. The van der Waals surface area contributed by atoms with E-state index in [1.165, 1.54) is 59.1 Å². The predicted octanol–water partition coefficient (Wildman–Crippen LogP) is 8.59. The molecule has 2 fully saturated rings. The lowest BCUT2D eigenvalue weighted by molar-refractivity contribution is 0.0847. The smallest absolute Gasteiger partial charge is 0.230 e. The van der Waals surface area contributed by atoms with Crippen LogP contribution in [0, 0.1) is 11.3 Å². The molecule has 0 N–H and O–H groups in total. The molecule has 3 heteroatoms. The SMILES string of the molecule is CC12CCCCC1(C)N1C3=C(C=CCC32)B2c3c(c(C4=CC=CCC4)cc(-c4ccccc4)c31)OC1C=CC=CC21. The van der Waals surface area contributed by atoms with Crippen molar-refractivity contribution < 1.29 is 4.74 Å². The van der Waals surface area contributed by atoms with Crippen LogP contribution in [-0.2, 0) is 0 Å². The summed E-state index contributed by atoms with van der Waals surface area (Å²) in [6.07, 6.45) is 29.7. The van der Waals surface area contributed by atoms with Crippen molar-refractivity contribution in [3.63, 3.8) is 0 Å². The van der Waals surface area contributed by atoms with E-state index in [1.54, 1.807) is 11.2 Å². The molecule has 2 aromatic rings. The van der Waals surface area contributed by atoms with Crippen molar-refractivity contribution in [3.8, 4) is 16.9 Å². The summed E-state index contributed by atoms with van der Waals surface area (Å²) in [6.45, 7) is 5.54. The largest absolute Gasteiger partial charge is 0.486 e. The minimum atomic E-state index is 0.0645. The van der Waals surface area contributed by atoms with Crippen molar-refractivity contribution in [2.75, 3.05) is 4.90 Å². The first-order valence-electron chi connectivity index (χ1n) is 15.9. The molecule has 4 aliphatic carbocycles. The molecular weight excluding hydrogens is 497 g/mol. The number of ether oxygens (including phenoxy) is 1. The molecule has 0 aromatic heterocycles. The van der Waals surface area contributed by atoms with Crippen molar-refractivity contribution >= 4 is 23.4 Å². The molecule has 1 saturated carbocycles. The van der Waals surface area contributed by atoms with Gasteiger partial charge in [0.15, 0.2) is 0 Å². The summed E-state index contributed by atoms with van der Waals surface area (Å²) in [5.41, 5.74) is 11.8. The van der Waals surface area contributed by atoms with Gasteiger partial charge in [0, 0.05) is 39.8 Å². The van der Waals surface area contributed by atoms with E-state index < -0.39 is 0 Å². The van der Waals surface area contributed by atoms with Crippen molar-refractivity contribution in [1.29, 1.82) is 0 Å². The lowest BCUT2D eigenvalue weighted by Crippen LogP contribution is -2.59. The molecule has 0 spiro atoms. The maximum absolute atomic E-state index is 7.16. The number of anilines is 1. The van der Waals surface area contributed by atoms with Crippen LogP contribution in [0.25, 0.3) is 16.7 Å². The summed E-state index contributed by atoms with van der Waals surface area (Å²) < 4.78 is 7.16. The van der Waals surface area contributed by atoms with Crippen molar-refractivity contribution in [2.24, 2.45) is 11.3 Å². The highest BCUT2D eigenvalue weighted by molar-refractivity contribution is 6.85. The third kappa shape index (κ3) is 3.05. The topological polar surface area (TPSA) is 12.5 Å². The average molecular weight is 536 g/mol. The molecule has 2 aromatic carbocycles. The zero-order valence-corrected chi connectivity index (χ0v) is 24.3. The molecule has 9 rings (SSSR count). The summed E-state index contributed by atoms with van der Waals surface area (Å²) in [4.78, 5) is 2.90. The fraction of sp³-hybridized carbons (Fsp3) is 0.368. The van der Waals surface area contributed by atoms with Crippen LogP contribution in [-0.4, -0.2) is 18.4 Å². The monoisotopic (exact) mass is 535 g/mol. The predicted molar refractivity (Wildman–Crippen MR) is 172 cm³/mol. The van der Waals surface area contributed by atoms with Gasteiger partial charge in [-0.3, -0.25) is 0 Å². The first kappa shape index (κ1) is 24.2. The fourth-order valence-electron chi connectivity index (χ4n) is 9.85. The normalized spacial score (nSPS) is 33.6. The van der Waals surface area contributed by atoms with Crippen LogP contribution in [0.2, 0.25) is 5.82 Å². The van der Waals surface area contributed by atoms with Gasteiger partial charge in [-0.2, -0.15) is 0 Å². The maximum atomic E-state index is 7.16. The Morgan fingerprint density at radius 3 is 2.66 bits per heavy atom. The summed E-state index contributed by atoms with van der Waals surface area (Å²) in [6, 6.07) is 13.7. The molecule has 5 unspecified atom stereocenters. The minimum Gasteiger partial charge on any atom is -0.486 e. The summed E-state index contributed by atoms with van der Waals surface area (Å²) in [7, 11) is 0. The van der Waals surface area contributed by atoms with E-state index in [1.807, 2.05) is 0 Å². The quantitative estimate of drug-likeness (QED) is 0.357. The van der Waals surface area contributed by atoms with Crippen LogP contribution in [0.15, 0.2) is 102 Å². The standard InChI is InChI=1S/C38H38BNO/c1-37-22-11-12-23-38(37,2)40-34-27(25-14-5-3-6-15-25)24-28(26-16-7-4-8-17-26)36-33(34)39(30-19-9-10-21-32(30)41-36)31-20-13-18-29(37)35(31)40/h3-7,9-10,13-16,19-21,24,29-30,32H,8,11-12,17-18,22-23H2,1-2H3. The third-order valence-corrected chi connectivity index (χ3v) is 12.0. The number of benzene rings is 2. The van der Waals surface area contributed by atoms with Gasteiger partial charge in [0.25, 0.3) is 0 Å². The van der Waals surface area contributed by atoms with Crippen LogP contribution < -0.4 is 15.1 Å². The van der Waals surface area contributed by atoms with E-state index in [4.69, 9.17) is 4.74 Å². The van der Waals surface area contributed by atoms with Crippen molar-refractivity contribution in [2.45, 2.75) is 76.3 Å². The average Bonchev–Trinajstić information content (AvgIpc) is 3.24. The highest BCUT2D eigenvalue weighted by Crippen LogP contribution is 2.67. The molecule has 0 radical (unpaired) electrons. The van der Waals surface area contributed by atoms with E-state index in [-0.39, 0.29) is 17.1 Å². The highest BCUT2D eigenvalue weighted by Gasteiger charge is 2.65. The molecule has 5 atom stereocenters. The molecule has 3 aliphatic heterocycles. The molecule has 1 saturated heterocycles. The van der Waals surface area contributed by atoms with Gasteiger partial charge in [0.2, 0.25) is 6.71 Å². The number of nitrogens with zero attached hydrogens (tertiary/aromatic N) is 1. The van der Waals surface area contributed by atoms with Gasteiger partial charge >= 0.3 is 0 Å². The lowest BCUT2D eigenvalue weighted by Gasteiger charge is -2.53. The second-order valence-electron chi connectivity index (χ2n) is 13.8. The Labute approximate surface area is 244 Å². The van der Waals surface area contributed by atoms with Crippen LogP contribution in [0.5, 0.6) is 5.75 Å². The fourth-order valence-corrected chi connectivity index (χ4v) is 9.85. The zero-order chi connectivity index (χ0) is 27.3. The van der Waals surface area contributed by atoms with E-state index in [0.29, 0.717) is 18.4 Å². The highest BCUT2D eigenvalue weighted by atomic mass is 16.5. The van der Waals surface area contributed by atoms with E-state index in [9.17, 15) is 0 Å². The molecular formula is C38H38BNO. The zero-order valence-electron chi connectivity index (χ0n) is 24.3. The second-order valence-corrected chi connectivity index (χ2v) is 13.8. The molecule has 204 valence electrons. The third-order valence-electron chi connectivity index (χ3n) is 12.0. The van der Waals surface area contributed by atoms with Gasteiger partial charge in [0.05, 0.1) is 0 Å². The number of fused-ring (bicyclic) bond motifs is 7. The molecule has 3 heterocycles. The molecule has 0 amide bonds. The molecule has 41 heavy (non-hydrogen) atoms. The second kappa shape index (κ2) is 8.54. The Hall–Kier alpha value is -3.46. The lowest BCUT2D eigenvalue weighted by atomic mass is 9.28. The van der Waals surface area contributed by atoms with E-state index in [2.05, 4.69) is 110 Å². The Kier molecular flexibility index (Phi) is 5.03. The summed E-state index contributed by atoms with van der Waals surface area (Å²) in [5.74, 6) is 2.02. The first-order valence-corrected chi connectivity index (χ1v) is 15.9. The van der Waals surface area contributed by atoms with Crippen molar-refractivity contribution in [1.82, 2.24) is 0 Å². The minimum absolute atomic E-state index is 0.0645. The van der Waals surface area contributed by atoms with Crippen LogP contribution >= 0.6 is 0 Å². The molecule has 0 bridgehead atoms. The molecule has 2 nitrogen and oxygen atoms in total. The molecule has 7 aliphatic rings. The Morgan fingerprint density at radius 1 is 0.951 bits per heavy atom. The summed E-state index contributed by atoms with van der Waals surface area (Å²) >= 11 is 0. The van der Waals surface area contributed by atoms with Gasteiger partial charge in [0.1, 0.15) is 11.9 Å². The van der Waals surface area contributed by atoms with Gasteiger partial charge < -0.3 is 9.64 Å². The van der Waals surface area contributed by atoms with E-state index in [0.717, 1.165) is 25.0 Å². The van der Waals surface area contributed by atoms with Gasteiger partial charge in [-0.05, 0) is 73.2 Å². The van der Waals surface area contributed by atoms with Crippen LogP contribution in [0.4, 0.5) is 5.69 Å². The van der Waals surface area contributed by atoms with Crippen LogP contribution in [0.3, 0.4) is 0 Å². The maximum Gasteiger partial charge on any atom is 0.230 e.